The van der Waals surface area contributed by atoms with Gasteiger partial charge in [0.15, 0.2) is 0 Å². The van der Waals surface area contributed by atoms with Crippen LogP contribution in [0.3, 0.4) is 0 Å². The van der Waals surface area contributed by atoms with Crippen molar-refractivity contribution in [3.05, 3.63) is 35.4 Å². The molecular formula is C17H19N5O3S2. The van der Waals surface area contributed by atoms with E-state index in [4.69, 9.17) is 0 Å². The molecule has 10 heteroatoms. The van der Waals surface area contributed by atoms with Crippen molar-refractivity contribution in [3.63, 3.8) is 0 Å². The summed E-state index contributed by atoms with van der Waals surface area (Å²) in [5.74, 6) is -0.682. The second-order valence-corrected chi connectivity index (χ2v) is 9.24. The van der Waals surface area contributed by atoms with E-state index in [0.717, 1.165) is 17.2 Å². The fourth-order valence-corrected chi connectivity index (χ4v) is 3.63. The maximum atomic E-state index is 12.3. The second kappa shape index (κ2) is 8.28. The Bertz CT molecular complexity index is 1000. The van der Waals surface area contributed by atoms with Gasteiger partial charge in [-0.2, -0.15) is 14.6 Å². The summed E-state index contributed by atoms with van der Waals surface area (Å²) in [5.41, 5.74) is 1.55. The van der Waals surface area contributed by atoms with Crippen LogP contribution in [0.4, 0.5) is 10.8 Å². The number of rotatable bonds is 6. The van der Waals surface area contributed by atoms with E-state index < -0.39 is 21.0 Å². The summed E-state index contributed by atoms with van der Waals surface area (Å²) >= 11 is 0.747. The Morgan fingerprint density at radius 2 is 1.93 bits per heavy atom. The number of amides is 1. The Kier molecular flexibility index (Phi) is 6.30. The first kappa shape index (κ1) is 20.5. The molecule has 2 aromatic rings. The van der Waals surface area contributed by atoms with Crippen molar-refractivity contribution in [1.82, 2.24) is 9.36 Å². The normalized spacial score (nSPS) is 11.9. The minimum atomic E-state index is -3.62. The number of carbonyl (C=O) groups is 1. The first-order valence-corrected chi connectivity index (χ1v) is 10.2. The minimum absolute atomic E-state index is 0.0170. The molecule has 0 fully saturated rings. The quantitative estimate of drug-likeness (QED) is 0.579. The van der Waals surface area contributed by atoms with Crippen LogP contribution in [0.15, 0.2) is 35.0 Å². The van der Waals surface area contributed by atoms with Crippen LogP contribution in [0.2, 0.25) is 0 Å². The highest BCUT2D eigenvalue weighted by atomic mass is 32.2. The third-order valence-corrected chi connectivity index (χ3v) is 6.27. The van der Waals surface area contributed by atoms with Crippen molar-refractivity contribution < 1.29 is 13.2 Å². The summed E-state index contributed by atoms with van der Waals surface area (Å²) in [5, 5.41) is 10.7. The number of nitrogens with zero attached hydrogens (tertiary/aromatic N) is 4. The fraction of sp³-hybridized carbons (Fsp3) is 0.294. The van der Waals surface area contributed by atoms with Gasteiger partial charge in [0.25, 0.3) is 11.1 Å². The van der Waals surface area contributed by atoms with Gasteiger partial charge >= 0.3 is 0 Å². The first-order valence-electron chi connectivity index (χ1n) is 7.93. The molecule has 0 aliphatic heterocycles. The third kappa shape index (κ3) is 4.90. The molecule has 27 heavy (non-hydrogen) atoms. The van der Waals surface area contributed by atoms with Crippen molar-refractivity contribution in [2.24, 2.45) is 0 Å². The van der Waals surface area contributed by atoms with Crippen molar-refractivity contribution in [3.8, 4) is 6.07 Å². The maximum Gasteiger partial charge on any atom is 0.268 e. The predicted molar refractivity (Wildman–Crippen MR) is 105 cm³/mol. The zero-order valence-electron chi connectivity index (χ0n) is 15.3. The Morgan fingerprint density at radius 3 is 2.44 bits per heavy atom. The van der Waals surface area contributed by atoms with Crippen LogP contribution in [-0.2, 0) is 14.6 Å². The van der Waals surface area contributed by atoms with E-state index in [-0.39, 0.29) is 15.9 Å². The van der Waals surface area contributed by atoms with E-state index >= 15 is 0 Å². The van der Waals surface area contributed by atoms with Crippen molar-refractivity contribution >= 4 is 44.2 Å². The molecule has 0 spiro atoms. The van der Waals surface area contributed by atoms with E-state index in [1.54, 1.807) is 12.1 Å². The lowest BCUT2D eigenvalue weighted by Crippen LogP contribution is -2.16. The average molecular weight is 406 g/mol. The van der Waals surface area contributed by atoms with Gasteiger partial charge in [-0.15, -0.1) is 0 Å². The molecule has 142 valence electrons. The van der Waals surface area contributed by atoms with Crippen LogP contribution in [-0.4, -0.2) is 43.0 Å². The molecule has 0 atom stereocenters. The molecule has 0 saturated heterocycles. The minimum Gasteiger partial charge on any atom is -0.378 e. The molecule has 1 aromatic heterocycles. The van der Waals surface area contributed by atoms with Gasteiger partial charge in [0.2, 0.25) is 15.0 Å². The van der Waals surface area contributed by atoms with Gasteiger partial charge in [0, 0.05) is 31.3 Å². The van der Waals surface area contributed by atoms with Gasteiger partial charge < -0.3 is 4.90 Å². The molecule has 2 rings (SSSR count). The average Bonchev–Trinajstić information content (AvgIpc) is 3.09. The number of hydrogen-bond donors (Lipinski definition) is 1. The highest BCUT2D eigenvalue weighted by molar-refractivity contribution is 7.91. The molecule has 0 aliphatic rings. The van der Waals surface area contributed by atoms with Gasteiger partial charge in [-0.05, 0) is 37.6 Å². The van der Waals surface area contributed by atoms with Crippen molar-refractivity contribution in [1.29, 1.82) is 5.26 Å². The molecule has 1 N–H and O–H groups in total. The summed E-state index contributed by atoms with van der Waals surface area (Å²) in [6, 6.07) is 9.16. The topological polar surface area (TPSA) is 116 Å². The Morgan fingerprint density at radius 1 is 1.30 bits per heavy atom. The zero-order chi connectivity index (χ0) is 20.2. The van der Waals surface area contributed by atoms with Crippen LogP contribution in [0.1, 0.15) is 19.4 Å². The number of aromatic nitrogens is 2. The molecule has 1 amide bonds. The molecule has 8 nitrogen and oxygen atoms in total. The summed E-state index contributed by atoms with van der Waals surface area (Å²) in [6.45, 7) is 3.04. The number of benzene rings is 1. The van der Waals surface area contributed by atoms with E-state index in [0.29, 0.717) is 5.56 Å². The number of nitriles is 1. The molecule has 0 unspecified atom stereocenters. The summed E-state index contributed by atoms with van der Waals surface area (Å²) < 4.78 is 27.9. The van der Waals surface area contributed by atoms with Crippen LogP contribution in [0.5, 0.6) is 0 Å². The molecule has 0 radical (unpaired) electrons. The summed E-state index contributed by atoms with van der Waals surface area (Å²) in [7, 11) is 0.199. The predicted octanol–water partition coefficient (Wildman–Crippen LogP) is 2.33. The number of carbonyl (C=O) groups excluding carboxylic acids is 1. The largest absolute Gasteiger partial charge is 0.378 e. The summed E-state index contributed by atoms with van der Waals surface area (Å²) in [6.07, 6.45) is 1.45. The fourth-order valence-electron chi connectivity index (χ4n) is 1.94. The second-order valence-electron chi connectivity index (χ2n) is 6.09. The number of sulfone groups is 1. The van der Waals surface area contributed by atoms with Crippen molar-refractivity contribution in [2.45, 2.75) is 24.3 Å². The van der Waals surface area contributed by atoms with Gasteiger partial charge in [-0.1, -0.05) is 12.1 Å². The van der Waals surface area contributed by atoms with E-state index in [2.05, 4.69) is 14.7 Å². The molecular weight excluding hydrogens is 386 g/mol. The molecule has 0 saturated carbocycles. The SMILES string of the molecule is CC(C)S(=O)(=O)c1nsc(NC(=O)C(C#N)=Cc2ccc(N(C)C)cc2)n1. The van der Waals surface area contributed by atoms with E-state index in [9.17, 15) is 18.5 Å². The molecule has 0 aliphatic carbocycles. The highest BCUT2D eigenvalue weighted by Crippen LogP contribution is 2.20. The first-order chi connectivity index (χ1) is 12.6. The van der Waals surface area contributed by atoms with E-state index in [1.165, 1.54) is 19.9 Å². The van der Waals surface area contributed by atoms with Crippen LogP contribution in [0, 0.1) is 11.3 Å². The smallest absolute Gasteiger partial charge is 0.268 e. The molecule has 1 heterocycles. The van der Waals surface area contributed by atoms with Crippen molar-refractivity contribution in [2.75, 3.05) is 24.3 Å². The molecule has 1 aromatic carbocycles. The Hall–Kier alpha value is -2.77. The lowest BCUT2D eigenvalue weighted by Gasteiger charge is -2.11. The van der Waals surface area contributed by atoms with Crippen LogP contribution < -0.4 is 10.2 Å². The zero-order valence-corrected chi connectivity index (χ0v) is 16.9. The maximum absolute atomic E-state index is 12.3. The van der Waals surface area contributed by atoms with Crippen LogP contribution >= 0.6 is 11.5 Å². The van der Waals surface area contributed by atoms with Gasteiger partial charge in [-0.3, -0.25) is 10.1 Å². The van der Waals surface area contributed by atoms with Gasteiger partial charge in [0.1, 0.15) is 11.6 Å². The highest BCUT2D eigenvalue weighted by Gasteiger charge is 2.25. The lowest BCUT2D eigenvalue weighted by molar-refractivity contribution is -0.112. The Labute approximate surface area is 162 Å². The number of hydrogen-bond acceptors (Lipinski definition) is 8. The number of nitrogens with one attached hydrogen (secondary N) is 1. The van der Waals surface area contributed by atoms with Gasteiger partial charge in [-0.25, -0.2) is 8.42 Å². The summed E-state index contributed by atoms with van der Waals surface area (Å²) in [4.78, 5) is 18.1. The number of anilines is 2. The molecule has 0 bridgehead atoms. The standard InChI is InChI=1S/C17H19N5O3S2/c1-11(2)27(24,25)17-20-16(26-21-17)19-15(23)13(10-18)9-12-5-7-14(8-6-12)22(3)4/h5-9,11H,1-4H3,(H,19,20,21,23). The lowest BCUT2D eigenvalue weighted by atomic mass is 10.1. The van der Waals surface area contributed by atoms with E-state index in [1.807, 2.05) is 37.2 Å². The Balaban J connectivity index is 2.18. The monoisotopic (exact) mass is 405 g/mol. The van der Waals surface area contributed by atoms with Crippen LogP contribution in [0.25, 0.3) is 6.08 Å². The third-order valence-electron chi connectivity index (χ3n) is 3.59. The van der Waals surface area contributed by atoms with Gasteiger partial charge in [0.05, 0.1) is 5.25 Å².